The Morgan fingerprint density at radius 1 is 0.917 bits per heavy atom. The minimum absolute atomic E-state index is 0.252. The van der Waals surface area contributed by atoms with Crippen LogP contribution in [-0.2, 0) is 4.57 Å². The highest BCUT2D eigenvalue weighted by atomic mass is 31.2. The van der Waals surface area contributed by atoms with Crippen LogP contribution in [0.3, 0.4) is 0 Å². The van der Waals surface area contributed by atoms with Gasteiger partial charge in [-0.1, -0.05) is 41.6 Å². The molecule has 2 aromatic carbocycles. The van der Waals surface area contributed by atoms with E-state index >= 15 is 0 Å². The molecule has 0 saturated heterocycles. The normalized spacial score (nSPS) is 11.1. The molecule has 1 heterocycles. The summed E-state index contributed by atoms with van der Waals surface area (Å²) >= 11 is 0. The molecule has 0 radical (unpaired) electrons. The lowest BCUT2D eigenvalue weighted by atomic mass is 10.3. The van der Waals surface area contributed by atoms with E-state index in [1.807, 2.05) is 19.1 Å². The fourth-order valence-electron chi connectivity index (χ4n) is 1.95. The van der Waals surface area contributed by atoms with Gasteiger partial charge in [-0.3, -0.25) is 0 Å². The molecule has 0 fully saturated rings. The monoisotopic (exact) mass is 344 g/mol. The second kappa shape index (κ2) is 6.81. The van der Waals surface area contributed by atoms with E-state index in [4.69, 9.17) is 13.6 Å². The Morgan fingerprint density at radius 3 is 1.83 bits per heavy atom. The van der Waals surface area contributed by atoms with Crippen LogP contribution in [0.25, 0.3) is 0 Å². The summed E-state index contributed by atoms with van der Waals surface area (Å²) in [4.78, 5) is 0. The Balaban J connectivity index is 1.90. The maximum atomic E-state index is 13.2. The van der Waals surface area contributed by atoms with Crippen LogP contribution in [0.2, 0.25) is 0 Å². The van der Waals surface area contributed by atoms with E-state index in [1.54, 1.807) is 55.5 Å². The second-order valence-corrected chi connectivity index (χ2v) is 6.72. The van der Waals surface area contributed by atoms with Gasteiger partial charge in [-0.05, 0) is 38.1 Å². The van der Waals surface area contributed by atoms with Crippen LogP contribution < -0.4 is 14.1 Å². The number of hydrogen-bond donors (Lipinski definition) is 1. The van der Waals surface area contributed by atoms with Gasteiger partial charge in [0.2, 0.25) is 5.88 Å². The highest BCUT2D eigenvalue weighted by Crippen LogP contribution is 2.48. The van der Waals surface area contributed by atoms with Crippen molar-refractivity contribution < 1.29 is 18.1 Å². The highest BCUT2D eigenvalue weighted by Gasteiger charge is 2.31. The lowest BCUT2D eigenvalue weighted by molar-refractivity contribution is 0.385. The zero-order valence-corrected chi connectivity index (χ0v) is 14.2. The molecule has 0 aliphatic rings. The van der Waals surface area contributed by atoms with Gasteiger partial charge in [0.25, 0.3) is 0 Å². The molecule has 24 heavy (non-hydrogen) atoms. The number of aryl methyl sites for hydroxylation is 1. The molecule has 0 spiro atoms. The summed E-state index contributed by atoms with van der Waals surface area (Å²) in [7, 11) is -3.78. The summed E-state index contributed by atoms with van der Waals surface area (Å²) < 4.78 is 29.6. The van der Waals surface area contributed by atoms with Crippen molar-refractivity contribution in [2.75, 3.05) is 5.09 Å². The maximum absolute atomic E-state index is 13.2. The van der Waals surface area contributed by atoms with Gasteiger partial charge in [0, 0.05) is 5.56 Å². The van der Waals surface area contributed by atoms with Crippen LogP contribution in [0.4, 0.5) is 5.88 Å². The molecule has 3 aromatic rings. The molecule has 1 N–H and O–H groups in total. The quantitative estimate of drug-likeness (QED) is 0.637. The molecule has 0 atom stereocenters. The average molecular weight is 344 g/mol. The number of hydrogen-bond acceptors (Lipinski definition) is 5. The number of benzene rings is 2. The van der Waals surface area contributed by atoms with Crippen LogP contribution in [0.1, 0.15) is 11.3 Å². The summed E-state index contributed by atoms with van der Waals surface area (Å²) in [6.45, 7) is 3.61. The lowest BCUT2D eigenvalue weighted by Crippen LogP contribution is -2.10. The molecule has 0 bridgehead atoms. The molecule has 7 heteroatoms. The molecular weight excluding hydrogens is 327 g/mol. The molecule has 0 aliphatic heterocycles. The van der Waals surface area contributed by atoms with Gasteiger partial charge in [0.15, 0.2) is 0 Å². The third-order valence-corrected chi connectivity index (χ3v) is 4.71. The number of rotatable bonds is 6. The summed E-state index contributed by atoms with van der Waals surface area (Å²) in [6.07, 6.45) is 0. The van der Waals surface area contributed by atoms with Crippen molar-refractivity contribution >= 4 is 13.6 Å². The van der Waals surface area contributed by atoms with E-state index < -0.39 is 7.75 Å². The van der Waals surface area contributed by atoms with Crippen molar-refractivity contribution in [2.45, 2.75) is 13.8 Å². The van der Waals surface area contributed by atoms with E-state index in [9.17, 15) is 4.57 Å². The van der Waals surface area contributed by atoms with Crippen molar-refractivity contribution in [2.24, 2.45) is 0 Å². The molecule has 0 amide bonds. The number of nitrogens with zero attached hydrogens (tertiary/aromatic N) is 1. The fourth-order valence-corrected chi connectivity index (χ4v) is 3.33. The standard InChI is InChI=1S/C17H17N2O4P/c1-13-14(2)18-21-17(13)19-24(20,22-15-9-5-3-6-10-15)23-16-11-7-4-8-12-16/h3-12H,1-2H3,(H,19,20). The Hall–Kier alpha value is -2.72. The average Bonchev–Trinajstić information content (AvgIpc) is 2.88. The van der Waals surface area contributed by atoms with Crippen molar-refractivity contribution in [3.63, 3.8) is 0 Å². The Labute approximate surface area is 140 Å². The van der Waals surface area contributed by atoms with Crippen LogP contribution in [0, 0.1) is 13.8 Å². The van der Waals surface area contributed by atoms with Crippen LogP contribution in [-0.4, -0.2) is 5.16 Å². The third-order valence-electron chi connectivity index (χ3n) is 3.33. The maximum Gasteiger partial charge on any atom is 0.544 e. The molecule has 0 unspecified atom stereocenters. The van der Waals surface area contributed by atoms with Crippen LogP contribution in [0.15, 0.2) is 65.2 Å². The molecule has 1 aromatic heterocycles. The Morgan fingerprint density at radius 2 is 1.42 bits per heavy atom. The number of para-hydroxylation sites is 2. The zero-order chi connectivity index (χ0) is 17.0. The van der Waals surface area contributed by atoms with Crippen molar-refractivity contribution in [3.05, 3.63) is 71.9 Å². The predicted molar refractivity (Wildman–Crippen MR) is 91.3 cm³/mol. The molecular formula is C17H17N2O4P. The van der Waals surface area contributed by atoms with Gasteiger partial charge in [-0.2, -0.15) is 0 Å². The first kappa shape index (κ1) is 16.1. The molecule has 0 saturated carbocycles. The van der Waals surface area contributed by atoms with Crippen molar-refractivity contribution in [1.29, 1.82) is 0 Å². The zero-order valence-electron chi connectivity index (χ0n) is 13.3. The SMILES string of the molecule is Cc1noc(NP(=O)(Oc2ccccc2)Oc2ccccc2)c1C. The topological polar surface area (TPSA) is 73.6 Å². The van der Waals surface area contributed by atoms with Crippen LogP contribution in [0.5, 0.6) is 11.5 Å². The number of aromatic nitrogens is 1. The minimum Gasteiger partial charge on any atom is -0.400 e. The van der Waals surface area contributed by atoms with Gasteiger partial charge in [-0.15, -0.1) is 0 Å². The van der Waals surface area contributed by atoms with E-state index in [0.717, 1.165) is 5.56 Å². The van der Waals surface area contributed by atoms with Crippen LogP contribution >= 0.6 is 7.75 Å². The highest BCUT2D eigenvalue weighted by molar-refractivity contribution is 7.56. The minimum atomic E-state index is -3.78. The first-order chi connectivity index (χ1) is 11.6. The smallest absolute Gasteiger partial charge is 0.400 e. The third kappa shape index (κ3) is 3.78. The van der Waals surface area contributed by atoms with Gasteiger partial charge < -0.3 is 13.6 Å². The van der Waals surface area contributed by atoms with Crippen molar-refractivity contribution in [1.82, 2.24) is 5.16 Å². The molecule has 0 aliphatic carbocycles. The first-order valence-corrected chi connectivity index (χ1v) is 8.90. The molecule has 124 valence electrons. The Kier molecular flexibility index (Phi) is 4.58. The summed E-state index contributed by atoms with van der Waals surface area (Å²) in [5.74, 6) is 1.08. The van der Waals surface area contributed by atoms with E-state index in [1.165, 1.54) is 0 Å². The van der Waals surface area contributed by atoms with E-state index in [0.29, 0.717) is 17.2 Å². The number of nitrogens with one attached hydrogen (secondary N) is 1. The lowest BCUT2D eigenvalue weighted by Gasteiger charge is -2.19. The van der Waals surface area contributed by atoms with E-state index in [-0.39, 0.29) is 5.88 Å². The Bertz CT molecular complexity index is 804. The van der Waals surface area contributed by atoms with Gasteiger partial charge in [0.05, 0.1) is 5.69 Å². The van der Waals surface area contributed by atoms with Gasteiger partial charge in [-0.25, -0.2) is 9.65 Å². The van der Waals surface area contributed by atoms with Gasteiger partial charge in [0.1, 0.15) is 11.5 Å². The summed E-state index contributed by atoms with van der Waals surface area (Å²) in [5.41, 5.74) is 1.44. The number of anilines is 1. The predicted octanol–water partition coefficient (Wildman–Crippen LogP) is 4.97. The first-order valence-electron chi connectivity index (χ1n) is 7.36. The van der Waals surface area contributed by atoms with E-state index in [2.05, 4.69) is 10.2 Å². The second-order valence-electron chi connectivity index (χ2n) is 5.14. The molecule has 3 rings (SSSR count). The largest absolute Gasteiger partial charge is 0.544 e. The fraction of sp³-hybridized carbons (Fsp3) is 0.118. The summed E-state index contributed by atoms with van der Waals surface area (Å²) in [6, 6.07) is 17.6. The summed E-state index contributed by atoms with van der Waals surface area (Å²) in [5, 5.41) is 6.57. The molecule has 6 nitrogen and oxygen atoms in total. The van der Waals surface area contributed by atoms with Gasteiger partial charge >= 0.3 is 7.75 Å². The van der Waals surface area contributed by atoms with Crippen molar-refractivity contribution in [3.8, 4) is 11.5 Å².